The summed E-state index contributed by atoms with van der Waals surface area (Å²) in [6.45, 7) is 0. The van der Waals surface area contributed by atoms with Crippen LogP contribution < -0.4 is 0 Å². The van der Waals surface area contributed by atoms with Gasteiger partial charge in [-0.3, -0.25) is 0 Å². The zero-order valence-corrected chi connectivity index (χ0v) is 9.66. The first kappa shape index (κ1) is 9.71. The van der Waals surface area contributed by atoms with E-state index in [-0.39, 0.29) is 0 Å². The first-order chi connectivity index (χ1) is 7.36. The van der Waals surface area contributed by atoms with E-state index in [1.54, 1.807) is 0 Å². The van der Waals surface area contributed by atoms with Crippen LogP contribution in [0.1, 0.15) is 43.8 Å². The fourth-order valence-corrected chi connectivity index (χ4v) is 3.48. The standard InChI is InChI=1S/C12H17ClN2/c13-6-11-7-15(8-14-11)12-5-9-1-3-10(12)4-2-9/h7-10,12H,1-6H2. The number of hydrogen-bond donors (Lipinski definition) is 0. The molecule has 0 radical (unpaired) electrons. The van der Waals surface area contributed by atoms with Gasteiger partial charge in [0.25, 0.3) is 0 Å². The van der Waals surface area contributed by atoms with Crippen LogP contribution in [0, 0.1) is 11.8 Å². The monoisotopic (exact) mass is 224 g/mol. The summed E-state index contributed by atoms with van der Waals surface area (Å²) >= 11 is 5.78. The van der Waals surface area contributed by atoms with Crippen molar-refractivity contribution in [3.05, 3.63) is 18.2 Å². The summed E-state index contributed by atoms with van der Waals surface area (Å²) in [5, 5.41) is 0. The summed E-state index contributed by atoms with van der Waals surface area (Å²) in [7, 11) is 0. The minimum absolute atomic E-state index is 0.536. The topological polar surface area (TPSA) is 17.8 Å². The number of halogens is 1. The zero-order valence-electron chi connectivity index (χ0n) is 8.90. The van der Waals surface area contributed by atoms with Gasteiger partial charge in [0.2, 0.25) is 0 Å². The largest absolute Gasteiger partial charge is 0.334 e. The number of alkyl halides is 1. The fraction of sp³-hybridized carbons (Fsp3) is 0.750. The summed E-state index contributed by atoms with van der Waals surface area (Å²) in [4.78, 5) is 4.32. The number of aromatic nitrogens is 2. The number of imidazole rings is 1. The normalized spacial score (nSPS) is 34.6. The molecule has 3 aliphatic rings. The van der Waals surface area contributed by atoms with Crippen LogP contribution in [0.4, 0.5) is 0 Å². The number of fused-ring (bicyclic) bond motifs is 3. The molecule has 0 saturated heterocycles. The molecule has 82 valence electrons. The third kappa shape index (κ3) is 1.69. The van der Waals surface area contributed by atoms with Gasteiger partial charge in [0.05, 0.1) is 17.9 Å². The molecule has 4 rings (SSSR count). The Hall–Kier alpha value is -0.500. The Morgan fingerprint density at radius 1 is 1.33 bits per heavy atom. The smallest absolute Gasteiger partial charge is 0.0952 e. The second-order valence-corrected chi connectivity index (χ2v) is 5.30. The lowest BCUT2D eigenvalue weighted by atomic mass is 9.68. The molecule has 1 heterocycles. The molecule has 3 aliphatic carbocycles. The maximum absolute atomic E-state index is 5.78. The summed E-state index contributed by atoms with van der Waals surface area (Å²) in [5.41, 5.74) is 1.01. The van der Waals surface area contributed by atoms with Gasteiger partial charge in [0.1, 0.15) is 0 Å². The van der Waals surface area contributed by atoms with Gasteiger partial charge in [-0.15, -0.1) is 11.6 Å². The molecule has 3 fully saturated rings. The highest BCUT2D eigenvalue weighted by Gasteiger charge is 2.36. The van der Waals surface area contributed by atoms with Crippen LogP contribution in [-0.2, 0) is 5.88 Å². The van der Waals surface area contributed by atoms with Crippen molar-refractivity contribution in [2.24, 2.45) is 11.8 Å². The van der Waals surface area contributed by atoms with Crippen molar-refractivity contribution < 1.29 is 0 Å². The highest BCUT2D eigenvalue weighted by Crippen LogP contribution is 2.47. The SMILES string of the molecule is ClCc1cn(C2CC3CCC2CC3)cn1. The third-order valence-electron chi connectivity index (χ3n) is 4.19. The second kappa shape index (κ2) is 3.82. The lowest BCUT2D eigenvalue weighted by Gasteiger charge is -2.42. The molecule has 0 aromatic carbocycles. The zero-order chi connectivity index (χ0) is 10.3. The van der Waals surface area contributed by atoms with E-state index in [0.29, 0.717) is 11.9 Å². The van der Waals surface area contributed by atoms with Crippen molar-refractivity contribution >= 4 is 11.6 Å². The third-order valence-corrected chi connectivity index (χ3v) is 4.46. The van der Waals surface area contributed by atoms with Gasteiger partial charge in [-0.1, -0.05) is 12.8 Å². The van der Waals surface area contributed by atoms with Gasteiger partial charge in [0.15, 0.2) is 0 Å². The van der Waals surface area contributed by atoms with E-state index in [1.165, 1.54) is 32.1 Å². The number of hydrogen-bond acceptors (Lipinski definition) is 1. The van der Waals surface area contributed by atoms with Crippen LogP contribution in [0.25, 0.3) is 0 Å². The Morgan fingerprint density at radius 2 is 2.13 bits per heavy atom. The van der Waals surface area contributed by atoms with Gasteiger partial charge in [-0.2, -0.15) is 0 Å². The van der Waals surface area contributed by atoms with Crippen LogP contribution >= 0.6 is 11.6 Å². The van der Waals surface area contributed by atoms with Crippen LogP contribution in [-0.4, -0.2) is 9.55 Å². The summed E-state index contributed by atoms with van der Waals surface area (Å²) in [6.07, 6.45) is 11.2. The van der Waals surface area contributed by atoms with Crippen molar-refractivity contribution in [3.8, 4) is 0 Å². The maximum Gasteiger partial charge on any atom is 0.0952 e. The predicted octanol–water partition coefficient (Wildman–Crippen LogP) is 3.37. The Kier molecular flexibility index (Phi) is 2.47. The summed E-state index contributed by atoms with van der Waals surface area (Å²) < 4.78 is 2.31. The predicted molar refractivity (Wildman–Crippen MR) is 60.9 cm³/mol. The van der Waals surface area contributed by atoms with E-state index >= 15 is 0 Å². The molecule has 1 atom stereocenters. The van der Waals surface area contributed by atoms with E-state index in [1.807, 2.05) is 6.33 Å². The van der Waals surface area contributed by atoms with E-state index in [9.17, 15) is 0 Å². The lowest BCUT2D eigenvalue weighted by molar-refractivity contribution is 0.105. The Morgan fingerprint density at radius 3 is 2.67 bits per heavy atom. The van der Waals surface area contributed by atoms with E-state index in [0.717, 1.165) is 17.5 Å². The van der Waals surface area contributed by atoms with Gasteiger partial charge in [0, 0.05) is 12.2 Å². The van der Waals surface area contributed by atoms with Gasteiger partial charge >= 0.3 is 0 Å². The molecular weight excluding hydrogens is 208 g/mol. The van der Waals surface area contributed by atoms with Crippen molar-refractivity contribution in [2.75, 3.05) is 0 Å². The Labute approximate surface area is 95.6 Å². The molecule has 0 spiro atoms. The van der Waals surface area contributed by atoms with Crippen LogP contribution in [0.5, 0.6) is 0 Å². The maximum atomic E-state index is 5.78. The molecule has 1 unspecified atom stereocenters. The number of rotatable bonds is 2. The number of nitrogens with zero attached hydrogens (tertiary/aromatic N) is 2. The van der Waals surface area contributed by atoms with Crippen molar-refractivity contribution in [2.45, 2.75) is 44.0 Å². The van der Waals surface area contributed by atoms with Gasteiger partial charge < -0.3 is 4.57 Å². The average Bonchev–Trinajstić information content (AvgIpc) is 2.79. The van der Waals surface area contributed by atoms with E-state index in [2.05, 4.69) is 15.7 Å². The summed E-state index contributed by atoms with van der Waals surface area (Å²) in [5.74, 6) is 2.41. The first-order valence-corrected chi connectivity index (χ1v) is 6.48. The molecular formula is C12H17ClN2. The van der Waals surface area contributed by atoms with Gasteiger partial charge in [-0.25, -0.2) is 4.98 Å². The van der Waals surface area contributed by atoms with Crippen LogP contribution in [0.15, 0.2) is 12.5 Å². The second-order valence-electron chi connectivity index (χ2n) is 5.03. The minimum atomic E-state index is 0.536. The molecule has 3 saturated carbocycles. The van der Waals surface area contributed by atoms with E-state index in [4.69, 9.17) is 11.6 Å². The molecule has 1 aromatic heterocycles. The summed E-state index contributed by atoms with van der Waals surface area (Å²) in [6, 6.07) is 0.710. The fourth-order valence-electron chi connectivity index (χ4n) is 3.34. The van der Waals surface area contributed by atoms with Crippen molar-refractivity contribution in [1.29, 1.82) is 0 Å². The molecule has 2 bridgehead atoms. The molecule has 3 heteroatoms. The van der Waals surface area contributed by atoms with Crippen molar-refractivity contribution in [3.63, 3.8) is 0 Å². The molecule has 2 nitrogen and oxygen atoms in total. The van der Waals surface area contributed by atoms with Crippen molar-refractivity contribution in [1.82, 2.24) is 9.55 Å². The Balaban J connectivity index is 1.81. The molecule has 15 heavy (non-hydrogen) atoms. The molecule has 0 N–H and O–H groups in total. The lowest BCUT2D eigenvalue weighted by Crippen LogP contribution is -2.32. The molecule has 0 amide bonds. The van der Waals surface area contributed by atoms with Crippen LogP contribution in [0.3, 0.4) is 0 Å². The molecule has 0 aliphatic heterocycles. The average molecular weight is 225 g/mol. The Bertz CT molecular complexity index is 339. The first-order valence-electron chi connectivity index (χ1n) is 5.95. The van der Waals surface area contributed by atoms with Crippen LogP contribution in [0.2, 0.25) is 0 Å². The van der Waals surface area contributed by atoms with E-state index < -0.39 is 0 Å². The highest BCUT2D eigenvalue weighted by molar-refractivity contribution is 6.16. The highest BCUT2D eigenvalue weighted by atomic mass is 35.5. The quantitative estimate of drug-likeness (QED) is 0.705. The minimum Gasteiger partial charge on any atom is -0.334 e. The van der Waals surface area contributed by atoms with Gasteiger partial charge in [-0.05, 0) is 31.1 Å². The molecule has 1 aromatic rings.